The lowest BCUT2D eigenvalue weighted by Crippen LogP contribution is -2.52. The number of ether oxygens (including phenoxy) is 1. The van der Waals surface area contributed by atoms with E-state index in [1.165, 1.54) is 19.3 Å². The molecule has 0 radical (unpaired) electrons. The van der Waals surface area contributed by atoms with Gasteiger partial charge in [-0.25, -0.2) is 0 Å². The quantitative estimate of drug-likeness (QED) is 0.858. The van der Waals surface area contributed by atoms with E-state index in [9.17, 15) is 0 Å². The first-order valence-electron chi connectivity index (χ1n) is 8.11. The molecule has 0 amide bonds. The summed E-state index contributed by atoms with van der Waals surface area (Å²) in [5.74, 6) is 1.72. The lowest BCUT2D eigenvalue weighted by atomic mass is 9.78. The lowest BCUT2D eigenvalue weighted by Gasteiger charge is -2.45. The molecule has 3 heteroatoms. The number of para-hydroxylation sites is 1. The van der Waals surface area contributed by atoms with Gasteiger partial charge in [-0.15, -0.1) is 0 Å². The predicted molar refractivity (Wildman–Crippen MR) is 83.3 cm³/mol. The van der Waals surface area contributed by atoms with Gasteiger partial charge >= 0.3 is 0 Å². The molecule has 1 spiro atoms. The average Bonchev–Trinajstić information content (AvgIpc) is 2.91. The number of morpholine rings is 1. The topological polar surface area (TPSA) is 34.4 Å². The smallest absolute Gasteiger partial charge is 0.135 e. The average molecular weight is 285 g/mol. The highest BCUT2D eigenvalue weighted by Crippen LogP contribution is 2.40. The van der Waals surface area contributed by atoms with E-state index < -0.39 is 0 Å². The Morgan fingerprint density at radius 3 is 3.05 bits per heavy atom. The largest absolute Gasteiger partial charge is 0.458 e. The highest BCUT2D eigenvalue weighted by Gasteiger charge is 2.41. The van der Waals surface area contributed by atoms with E-state index in [2.05, 4.69) is 24.4 Å². The van der Waals surface area contributed by atoms with Crippen molar-refractivity contribution in [3.05, 3.63) is 36.1 Å². The number of furan rings is 1. The van der Waals surface area contributed by atoms with Crippen molar-refractivity contribution in [3.8, 4) is 0 Å². The predicted octanol–water partition coefficient (Wildman–Crippen LogP) is 4.04. The third kappa shape index (κ3) is 2.49. The normalized spacial score (nSPS) is 33.6. The minimum atomic E-state index is 0.0135. The van der Waals surface area contributed by atoms with E-state index in [4.69, 9.17) is 9.15 Å². The van der Waals surface area contributed by atoms with Gasteiger partial charge in [0.1, 0.15) is 17.4 Å². The van der Waals surface area contributed by atoms with Crippen LogP contribution in [0.3, 0.4) is 0 Å². The summed E-state index contributed by atoms with van der Waals surface area (Å²) in [4.78, 5) is 0. The van der Waals surface area contributed by atoms with Gasteiger partial charge in [-0.1, -0.05) is 38.0 Å². The molecule has 1 aliphatic carbocycles. The summed E-state index contributed by atoms with van der Waals surface area (Å²) < 4.78 is 12.5. The number of hydrogen-bond acceptors (Lipinski definition) is 3. The second kappa shape index (κ2) is 5.15. The Morgan fingerprint density at radius 2 is 2.19 bits per heavy atom. The Kier molecular flexibility index (Phi) is 3.27. The molecule has 1 N–H and O–H groups in total. The zero-order valence-electron chi connectivity index (χ0n) is 12.6. The van der Waals surface area contributed by atoms with Crippen molar-refractivity contribution in [1.82, 2.24) is 5.32 Å². The summed E-state index contributed by atoms with van der Waals surface area (Å²) in [6, 6.07) is 10.3. The molecule has 1 saturated heterocycles. The maximum Gasteiger partial charge on any atom is 0.135 e. The molecule has 4 rings (SSSR count). The minimum absolute atomic E-state index is 0.0135. The van der Waals surface area contributed by atoms with Gasteiger partial charge in [0, 0.05) is 18.5 Å². The van der Waals surface area contributed by atoms with Crippen LogP contribution >= 0.6 is 0 Å². The standard InChI is InChI=1S/C18H23NO2/c1-13-5-4-8-18(10-13)12-19-11-17(21-18)16-9-14-6-2-3-7-15(14)20-16/h2-3,6-7,9,13,17,19H,4-5,8,10-12H2,1H3. The molecule has 1 saturated carbocycles. The number of rotatable bonds is 1. The summed E-state index contributed by atoms with van der Waals surface area (Å²) in [5, 5.41) is 4.73. The van der Waals surface area contributed by atoms with Crippen LogP contribution in [0.15, 0.2) is 34.7 Å². The molecule has 3 unspecified atom stereocenters. The Balaban J connectivity index is 1.60. The first kappa shape index (κ1) is 13.4. The second-order valence-electron chi connectivity index (χ2n) is 6.81. The molecule has 1 aliphatic heterocycles. The monoisotopic (exact) mass is 285 g/mol. The van der Waals surface area contributed by atoms with Crippen molar-refractivity contribution in [3.63, 3.8) is 0 Å². The Morgan fingerprint density at radius 1 is 1.29 bits per heavy atom. The maximum absolute atomic E-state index is 6.54. The third-order valence-electron chi connectivity index (χ3n) is 4.98. The molecule has 21 heavy (non-hydrogen) atoms. The Labute approximate surface area is 125 Å². The van der Waals surface area contributed by atoms with Gasteiger partial charge in [0.2, 0.25) is 0 Å². The summed E-state index contributed by atoms with van der Waals surface area (Å²) in [5.41, 5.74) is 0.965. The van der Waals surface area contributed by atoms with Gasteiger partial charge in [-0.3, -0.25) is 0 Å². The summed E-state index contributed by atoms with van der Waals surface area (Å²) in [7, 11) is 0. The van der Waals surface area contributed by atoms with Crippen molar-refractivity contribution < 1.29 is 9.15 Å². The van der Waals surface area contributed by atoms with Gasteiger partial charge in [-0.2, -0.15) is 0 Å². The summed E-state index contributed by atoms with van der Waals surface area (Å²) in [6.07, 6.45) is 4.98. The fourth-order valence-electron chi connectivity index (χ4n) is 4.02. The molecule has 2 aromatic rings. The summed E-state index contributed by atoms with van der Waals surface area (Å²) in [6.45, 7) is 4.17. The molecular weight excluding hydrogens is 262 g/mol. The van der Waals surface area contributed by atoms with Gasteiger partial charge in [0.25, 0.3) is 0 Å². The molecule has 2 fully saturated rings. The van der Waals surface area contributed by atoms with Crippen LogP contribution in [0.2, 0.25) is 0 Å². The molecular formula is C18H23NO2. The lowest BCUT2D eigenvalue weighted by molar-refractivity contribution is -0.148. The van der Waals surface area contributed by atoms with Crippen LogP contribution in [0, 0.1) is 5.92 Å². The van der Waals surface area contributed by atoms with Crippen molar-refractivity contribution >= 4 is 11.0 Å². The highest BCUT2D eigenvalue weighted by molar-refractivity contribution is 5.77. The highest BCUT2D eigenvalue weighted by atomic mass is 16.5. The van der Waals surface area contributed by atoms with E-state index in [0.29, 0.717) is 0 Å². The van der Waals surface area contributed by atoms with Crippen molar-refractivity contribution in [2.75, 3.05) is 13.1 Å². The van der Waals surface area contributed by atoms with Crippen molar-refractivity contribution in [2.45, 2.75) is 44.3 Å². The number of benzene rings is 1. The van der Waals surface area contributed by atoms with E-state index in [1.54, 1.807) is 0 Å². The zero-order valence-corrected chi connectivity index (χ0v) is 12.6. The molecule has 1 aromatic carbocycles. The fourth-order valence-corrected chi connectivity index (χ4v) is 4.02. The van der Waals surface area contributed by atoms with Crippen LogP contribution in [-0.2, 0) is 4.74 Å². The van der Waals surface area contributed by atoms with E-state index in [-0.39, 0.29) is 11.7 Å². The van der Waals surface area contributed by atoms with E-state index in [1.807, 2.05) is 18.2 Å². The molecule has 2 heterocycles. The molecule has 3 atom stereocenters. The van der Waals surface area contributed by atoms with Crippen LogP contribution in [0.5, 0.6) is 0 Å². The van der Waals surface area contributed by atoms with Gasteiger partial charge in [0.05, 0.1) is 5.60 Å². The molecule has 2 aliphatic rings. The van der Waals surface area contributed by atoms with Crippen LogP contribution in [0.1, 0.15) is 44.5 Å². The molecule has 112 valence electrons. The van der Waals surface area contributed by atoms with E-state index >= 15 is 0 Å². The first-order chi connectivity index (χ1) is 10.2. The number of fused-ring (bicyclic) bond motifs is 1. The van der Waals surface area contributed by atoms with Gasteiger partial charge in [-0.05, 0) is 30.9 Å². The van der Waals surface area contributed by atoms with Gasteiger partial charge < -0.3 is 14.5 Å². The van der Waals surface area contributed by atoms with Crippen LogP contribution in [-0.4, -0.2) is 18.7 Å². The van der Waals surface area contributed by atoms with E-state index in [0.717, 1.165) is 42.2 Å². The van der Waals surface area contributed by atoms with Gasteiger partial charge in [0.15, 0.2) is 0 Å². The minimum Gasteiger partial charge on any atom is -0.458 e. The number of hydrogen-bond donors (Lipinski definition) is 1. The number of nitrogens with one attached hydrogen (secondary N) is 1. The molecule has 1 aromatic heterocycles. The van der Waals surface area contributed by atoms with Crippen molar-refractivity contribution in [2.24, 2.45) is 5.92 Å². The van der Waals surface area contributed by atoms with Crippen LogP contribution in [0.25, 0.3) is 11.0 Å². The SMILES string of the molecule is CC1CCCC2(CNCC(c3cc4ccccc4o3)O2)C1. The van der Waals surface area contributed by atoms with Crippen LogP contribution in [0.4, 0.5) is 0 Å². The molecule has 3 nitrogen and oxygen atoms in total. The first-order valence-corrected chi connectivity index (χ1v) is 8.11. The second-order valence-corrected chi connectivity index (χ2v) is 6.81. The Bertz CT molecular complexity index is 598. The van der Waals surface area contributed by atoms with Crippen LogP contribution < -0.4 is 5.32 Å². The Hall–Kier alpha value is -1.32. The third-order valence-corrected chi connectivity index (χ3v) is 4.98. The molecule has 0 bridgehead atoms. The fraction of sp³-hybridized carbons (Fsp3) is 0.556. The summed E-state index contributed by atoms with van der Waals surface area (Å²) >= 11 is 0. The maximum atomic E-state index is 6.54. The zero-order chi connectivity index (χ0) is 14.3. The van der Waals surface area contributed by atoms with Crippen molar-refractivity contribution in [1.29, 1.82) is 0 Å².